The molecule has 1 aromatic carbocycles. The molecule has 0 N–H and O–H groups in total. The molecule has 0 saturated carbocycles. The molecule has 0 bridgehead atoms. The Labute approximate surface area is 96.1 Å². The summed E-state index contributed by atoms with van der Waals surface area (Å²) in [4.78, 5) is 11.3. The Bertz CT molecular complexity index is 531. The summed E-state index contributed by atoms with van der Waals surface area (Å²) >= 11 is 2.69. The average molecular weight is 268 g/mol. The first-order valence-electron chi connectivity index (χ1n) is 4.52. The molecule has 1 heterocycles. The molecule has 0 saturated heterocycles. The highest BCUT2D eigenvalue weighted by molar-refractivity contribution is 9.06. The molecule has 78 valence electrons. The number of aryl methyl sites for hydroxylation is 2. The molecule has 2 rings (SSSR count). The molecule has 1 aromatic heterocycles. The van der Waals surface area contributed by atoms with Crippen molar-refractivity contribution in [2.24, 2.45) is 7.05 Å². The highest BCUT2D eigenvalue weighted by Gasteiger charge is 2.10. The maximum atomic E-state index is 11.3. The van der Waals surface area contributed by atoms with Gasteiger partial charge in [-0.2, -0.15) is 0 Å². The van der Waals surface area contributed by atoms with E-state index < -0.39 is 0 Å². The fourth-order valence-corrected chi connectivity index (χ4v) is 2.03. The topological polar surface area (TPSA) is 31.2 Å². The predicted molar refractivity (Wildman–Crippen MR) is 62.0 cm³/mol. The largest absolute Gasteiger partial charge is 0.380 e. The van der Waals surface area contributed by atoms with Gasteiger partial charge in [-0.1, -0.05) is 0 Å². The summed E-state index contributed by atoms with van der Waals surface area (Å²) in [6.45, 7) is 1.98. The lowest BCUT2D eigenvalue weighted by Gasteiger charge is -2.03. The summed E-state index contributed by atoms with van der Waals surface area (Å²) in [5, 5.41) is 1.05. The van der Waals surface area contributed by atoms with E-state index >= 15 is 0 Å². The Morgan fingerprint density at radius 1 is 1.47 bits per heavy atom. The van der Waals surface area contributed by atoms with E-state index in [1.807, 2.05) is 42.9 Å². The molecule has 0 aliphatic rings. The fraction of sp³-hybridized carbons (Fsp3) is 0.182. The van der Waals surface area contributed by atoms with Gasteiger partial charge in [-0.3, -0.25) is 0 Å². The molecule has 0 fully saturated rings. The number of hydrogen-bond acceptors (Lipinski definition) is 2. The summed E-state index contributed by atoms with van der Waals surface area (Å²) in [7, 11) is 1.98. The van der Waals surface area contributed by atoms with Crippen molar-refractivity contribution in [1.82, 2.24) is 4.57 Å². The minimum Gasteiger partial charge on any atom is -0.380 e. The smallest absolute Gasteiger partial charge is 0.349 e. The predicted octanol–water partition coefficient (Wildman–Crippen LogP) is 2.95. The van der Waals surface area contributed by atoms with Gasteiger partial charge >= 0.3 is 5.97 Å². The lowest BCUT2D eigenvalue weighted by molar-refractivity contribution is 0.0782. The third-order valence-corrected chi connectivity index (χ3v) is 2.76. The van der Waals surface area contributed by atoms with Crippen LogP contribution in [0.3, 0.4) is 0 Å². The van der Waals surface area contributed by atoms with Gasteiger partial charge in [-0.25, -0.2) is 4.79 Å². The van der Waals surface area contributed by atoms with Crippen molar-refractivity contribution in [3.63, 3.8) is 0 Å². The van der Waals surface area contributed by atoms with Crippen molar-refractivity contribution >= 4 is 33.1 Å². The number of aromatic nitrogens is 1. The maximum absolute atomic E-state index is 11.3. The van der Waals surface area contributed by atoms with Crippen molar-refractivity contribution in [3.05, 3.63) is 35.5 Å². The molecule has 15 heavy (non-hydrogen) atoms. The summed E-state index contributed by atoms with van der Waals surface area (Å²) in [6, 6.07) is 5.63. The average Bonchev–Trinajstić information content (AvgIpc) is 2.59. The number of halogens is 1. The van der Waals surface area contributed by atoms with Crippen LogP contribution in [-0.2, 0) is 10.9 Å². The number of hydrogen-bond donors (Lipinski definition) is 0. The summed E-state index contributed by atoms with van der Waals surface area (Å²) < 4.78 is 6.55. The van der Waals surface area contributed by atoms with Crippen molar-refractivity contribution in [2.75, 3.05) is 0 Å². The van der Waals surface area contributed by atoms with Crippen molar-refractivity contribution in [2.45, 2.75) is 6.92 Å². The van der Waals surface area contributed by atoms with Gasteiger partial charge < -0.3 is 8.40 Å². The third kappa shape index (κ3) is 1.65. The number of rotatable bonds is 1. The van der Waals surface area contributed by atoms with Gasteiger partial charge in [0.2, 0.25) is 0 Å². The van der Waals surface area contributed by atoms with Crippen LogP contribution in [0.25, 0.3) is 10.9 Å². The lowest BCUT2D eigenvalue weighted by atomic mass is 10.1. The van der Waals surface area contributed by atoms with Crippen molar-refractivity contribution in [3.8, 4) is 0 Å². The molecule has 0 unspecified atom stereocenters. The summed E-state index contributed by atoms with van der Waals surface area (Å²) in [5.41, 5.74) is 2.76. The molecule has 0 atom stereocenters. The molecular formula is C11H10BrNO2. The van der Waals surface area contributed by atoms with Crippen LogP contribution in [-0.4, -0.2) is 10.5 Å². The van der Waals surface area contributed by atoms with Crippen LogP contribution in [0.2, 0.25) is 0 Å². The standard InChI is InChI=1S/C11H10BrNO2/c1-7-5-9(11(14)15-12)6-8-3-4-13(2)10(7)8/h3-6H,1-2H3. The Balaban J connectivity index is 2.68. The lowest BCUT2D eigenvalue weighted by Crippen LogP contribution is -1.99. The van der Waals surface area contributed by atoms with E-state index in [2.05, 4.69) is 20.1 Å². The van der Waals surface area contributed by atoms with Crippen molar-refractivity contribution < 1.29 is 8.62 Å². The monoisotopic (exact) mass is 267 g/mol. The van der Waals surface area contributed by atoms with Gasteiger partial charge in [0.05, 0.1) is 11.1 Å². The minimum atomic E-state index is -0.371. The highest BCUT2D eigenvalue weighted by atomic mass is 79.9. The van der Waals surface area contributed by atoms with E-state index in [1.54, 1.807) is 0 Å². The molecular weight excluding hydrogens is 258 g/mol. The first kappa shape index (κ1) is 10.2. The zero-order valence-corrected chi connectivity index (χ0v) is 10.0. The summed E-state index contributed by atoms with van der Waals surface area (Å²) in [6.07, 6.45) is 1.97. The zero-order chi connectivity index (χ0) is 11.0. The fourth-order valence-electron chi connectivity index (χ4n) is 1.84. The SMILES string of the molecule is Cc1cc(C(=O)OBr)cc2ccn(C)c12. The number of carbonyl (C=O) groups is 1. The molecule has 3 nitrogen and oxygen atoms in total. The van der Waals surface area contributed by atoms with Gasteiger partial charge in [0.15, 0.2) is 16.3 Å². The third-order valence-electron chi connectivity index (χ3n) is 2.47. The summed E-state index contributed by atoms with van der Waals surface area (Å²) in [5.74, 6) is -0.371. The second kappa shape index (κ2) is 3.70. The molecule has 0 radical (unpaired) electrons. The first-order valence-corrected chi connectivity index (χ1v) is 5.17. The quantitative estimate of drug-likeness (QED) is 0.796. The normalized spacial score (nSPS) is 10.6. The zero-order valence-electron chi connectivity index (χ0n) is 8.45. The molecule has 0 aliphatic carbocycles. The Morgan fingerprint density at radius 3 is 2.87 bits per heavy atom. The van der Waals surface area contributed by atoms with Crippen molar-refractivity contribution in [1.29, 1.82) is 0 Å². The maximum Gasteiger partial charge on any atom is 0.349 e. The van der Waals surface area contributed by atoms with Crippen LogP contribution in [0.4, 0.5) is 0 Å². The van der Waals surface area contributed by atoms with Gasteiger partial charge in [0.25, 0.3) is 0 Å². The molecule has 4 heteroatoms. The van der Waals surface area contributed by atoms with E-state index in [-0.39, 0.29) is 5.97 Å². The highest BCUT2D eigenvalue weighted by Crippen LogP contribution is 2.22. The second-order valence-corrected chi connectivity index (χ2v) is 3.85. The molecule has 0 amide bonds. The van der Waals surface area contributed by atoms with Crippen LogP contribution >= 0.6 is 16.3 Å². The van der Waals surface area contributed by atoms with Crippen LogP contribution < -0.4 is 0 Å². The van der Waals surface area contributed by atoms with E-state index in [0.717, 1.165) is 16.5 Å². The molecule has 0 aliphatic heterocycles. The van der Waals surface area contributed by atoms with Gasteiger partial charge in [-0.05, 0) is 30.7 Å². The van der Waals surface area contributed by atoms with E-state index in [4.69, 9.17) is 0 Å². The molecule has 0 spiro atoms. The Hall–Kier alpha value is -1.29. The van der Waals surface area contributed by atoms with Gasteiger partial charge in [-0.15, -0.1) is 0 Å². The number of benzene rings is 1. The number of fused-ring (bicyclic) bond motifs is 1. The minimum absolute atomic E-state index is 0.371. The Kier molecular flexibility index (Phi) is 2.52. The van der Waals surface area contributed by atoms with Gasteiger partial charge in [0.1, 0.15) is 0 Å². The Morgan fingerprint density at radius 2 is 2.20 bits per heavy atom. The first-order chi connectivity index (χ1) is 7.13. The van der Waals surface area contributed by atoms with E-state index in [9.17, 15) is 4.79 Å². The van der Waals surface area contributed by atoms with Crippen LogP contribution in [0, 0.1) is 6.92 Å². The second-order valence-electron chi connectivity index (χ2n) is 3.52. The van der Waals surface area contributed by atoms with Gasteiger partial charge in [0, 0.05) is 18.6 Å². The van der Waals surface area contributed by atoms with E-state index in [1.165, 1.54) is 0 Å². The van der Waals surface area contributed by atoms with E-state index in [0.29, 0.717) is 5.56 Å². The van der Waals surface area contributed by atoms with Crippen LogP contribution in [0.15, 0.2) is 24.4 Å². The number of nitrogens with zero attached hydrogens (tertiary/aromatic N) is 1. The number of carbonyl (C=O) groups excluding carboxylic acids is 1. The van der Waals surface area contributed by atoms with Crippen LogP contribution in [0.1, 0.15) is 15.9 Å². The molecule has 2 aromatic rings. The van der Waals surface area contributed by atoms with Crippen LogP contribution in [0.5, 0.6) is 0 Å².